The highest BCUT2D eigenvalue weighted by Gasteiger charge is 2.32. The maximum atomic E-state index is 13.5. The zero-order chi connectivity index (χ0) is 19.7. The number of rotatable bonds is 4. The van der Waals surface area contributed by atoms with E-state index < -0.39 is 0 Å². The van der Waals surface area contributed by atoms with Crippen LogP contribution in [-0.2, 0) is 4.79 Å². The van der Waals surface area contributed by atoms with E-state index in [2.05, 4.69) is 22.0 Å². The van der Waals surface area contributed by atoms with Crippen molar-refractivity contribution in [1.29, 1.82) is 0 Å². The highest BCUT2D eigenvalue weighted by Crippen LogP contribution is 2.29. The average Bonchev–Trinajstić information content (AvgIpc) is 3.41. The molecule has 2 aromatic rings. The molecule has 7 heteroatoms. The van der Waals surface area contributed by atoms with Crippen LogP contribution < -0.4 is 0 Å². The van der Waals surface area contributed by atoms with Gasteiger partial charge >= 0.3 is 0 Å². The maximum Gasteiger partial charge on any atom is 0.244 e. The Kier molecular flexibility index (Phi) is 5.44. The second kappa shape index (κ2) is 7.99. The van der Waals surface area contributed by atoms with Gasteiger partial charge in [-0.3, -0.25) is 9.69 Å². The molecular formula is C21H27FN4O2. The lowest BCUT2D eigenvalue weighted by atomic mass is 9.94. The second-order valence-corrected chi connectivity index (χ2v) is 7.94. The van der Waals surface area contributed by atoms with E-state index in [-0.39, 0.29) is 17.8 Å². The smallest absolute Gasteiger partial charge is 0.244 e. The zero-order valence-electron chi connectivity index (χ0n) is 16.5. The molecular weight excluding hydrogens is 359 g/mol. The molecule has 150 valence electrons. The lowest BCUT2D eigenvalue weighted by Gasteiger charge is -2.35. The van der Waals surface area contributed by atoms with E-state index in [1.165, 1.54) is 6.07 Å². The van der Waals surface area contributed by atoms with Gasteiger partial charge in [0.1, 0.15) is 5.82 Å². The van der Waals surface area contributed by atoms with E-state index in [9.17, 15) is 9.18 Å². The SMILES string of the molecule is Cc1cc(-c2noc(C(C)N3CCC(C(=O)N4CCCC4)CC3)n2)ccc1F. The Hall–Kier alpha value is -2.28. The second-order valence-electron chi connectivity index (χ2n) is 7.94. The normalized spacial score (nSPS) is 19.9. The summed E-state index contributed by atoms with van der Waals surface area (Å²) in [5.74, 6) is 1.26. The van der Waals surface area contributed by atoms with E-state index in [0.29, 0.717) is 23.2 Å². The number of aromatic nitrogens is 2. The molecule has 6 nitrogen and oxygen atoms in total. The summed E-state index contributed by atoms with van der Waals surface area (Å²) >= 11 is 0. The summed E-state index contributed by atoms with van der Waals surface area (Å²) in [4.78, 5) is 21.4. The first-order valence-corrected chi connectivity index (χ1v) is 10.2. The molecule has 2 aliphatic heterocycles. The summed E-state index contributed by atoms with van der Waals surface area (Å²) in [6.07, 6.45) is 4.01. The van der Waals surface area contributed by atoms with Crippen LogP contribution >= 0.6 is 0 Å². The third-order valence-corrected chi connectivity index (χ3v) is 6.06. The quantitative estimate of drug-likeness (QED) is 0.804. The van der Waals surface area contributed by atoms with Gasteiger partial charge in [-0.2, -0.15) is 4.98 Å². The van der Waals surface area contributed by atoms with Gasteiger partial charge in [0.15, 0.2) is 0 Å². The lowest BCUT2D eigenvalue weighted by molar-refractivity contribution is -0.136. The molecule has 2 saturated heterocycles. The summed E-state index contributed by atoms with van der Waals surface area (Å²) < 4.78 is 19.0. The molecule has 28 heavy (non-hydrogen) atoms. The summed E-state index contributed by atoms with van der Waals surface area (Å²) in [6.45, 7) is 7.30. The first-order chi connectivity index (χ1) is 13.5. The maximum absolute atomic E-state index is 13.5. The zero-order valence-corrected chi connectivity index (χ0v) is 16.5. The van der Waals surface area contributed by atoms with Crippen molar-refractivity contribution in [2.75, 3.05) is 26.2 Å². The predicted octanol–water partition coefficient (Wildman–Crippen LogP) is 3.58. The Morgan fingerprint density at radius 3 is 2.61 bits per heavy atom. The van der Waals surface area contributed by atoms with Gasteiger partial charge in [0.05, 0.1) is 6.04 Å². The van der Waals surface area contributed by atoms with Crippen molar-refractivity contribution < 1.29 is 13.7 Å². The van der Waals surface area contributed by atoms with Gasteiger partial charge in [0, 0.05) is 24.6 Å². The molecule has 2 aliphatic rings. The molecule has 1 aromatic carbocycles. The third-order valence-electron chi connectivity index (χ3n) is 6.06. The fraction of sp³-hybridized carbons (Fsp3) is 0.571. The number of carbonyl (C=O) groups excluding carboxylic acids is 1. The first-order valence-electron chi connectivity index (χ1n) is 10.2. The number of aryl methyl sites for hydroxylation is 1. The van der Waals surface area contributed by atoms with Gasteiger partial charge < -0.3 is 9.42 Å². The summed E-state index contributed by atoms with van der Waals surface area (Å²) in [7, 11) is 0. The molecule has 1 aromatic heterocycles. The van der Waals surface area contributed by atoms with Crippen molar-refractivity contribution in [2.24, 2.45) is 5.92 Å². The molecule has 3 heterocycles. The number of likely N-dealkylation sites (tertiary alicyclic amines) is 2. The molecule has 0 bridgehead atoms. The third kappa shape index (κ3) is 3.81. The number of carbonyl (C=O) groups is 1. The number of hydrogen-bond acceptors (Lipinski definition) is 5. The van der Waals surface area contributed by atoms with Crippen LogP contribution in [0.25, 0.3) is 11.4 Å². The minimum atomic E-state index is -0.243. The largest absolute Gasteiger partial charge is 0.342 e. The Morgan fingerprint density at radius 1 is 1.21 bits per heavy atom. The fourth-order valence-electron chi connectivity index (χ4n) is 4.19. The van der Waals surface area contributed by atoms with E-state index in [1.54, 1.807) is 19.1 Å². The molecule has 1 unspecified atom stereocenters. The van der Waals surface area contributed by atoms with Crippen molar-refractivity contribution in [3.63, 3.8) is 0 Å². The van der Waals surface area contributed by atoms with E-state index in [1.807, 2.05) is 4.90 Å². The molecule has 0 radical (unpaired) electrons. The highest BCUT2D eigenvalue weighted by atomic mass is 19.1. The Balaban J connectivity index is 1.37. The summed E-state index contributed by atoms with van der Waals surface area (Å²) in [5, 5.41) is 4.07. The number of amides is 1. The summed E-state index contributed by atoms with van der Waals surface area (Å²) in [6, 6.07) is 4.80. The van der Waals surface area contributed by atoms with Crippen LogP contribution in [0.2, 0.25) is 0 Å². The average molecular weight is 386 g/mol. The number of benzene rings is 1. The Bertz CT molecular complexity index is 839. The van der Waals surface area contributed by atoms with E-state index in [4.69, 9.17) is 4.52 Å². The van der Waals surface area contributed by atoms with Crippen LogP contribution in [0.5, 0.6) is 0 Å². The number of hydrogen-bond donors (Lipinski definition) is 0. The van der Waals surface area contributed by atoms with Crippen LogP contribution in [-0.4, -0.2) is 52.0 Å². The minimum absolute atomic E-state index is 0.00867. The van der Waals surface area contributed by atoms with Crippen LogP contribution in [0.1, 0.15) is 50.1 Å². The molecule has 0 N–H and O–H groups in total. The van der Waals surface area contributed by atoms with Gasteiger partial charge in [0.25, 0.3) is 0 Å². The van der Waals surface area contributed by atoms with Crippen molar-refractivity contribution in [1.82, 2.24) is 19.9 Å². The molecule has 0 spiro atoms. The van der Waals surface area contributed by atoms with Crippen molar-refractivity contribution in [2.45, 2.75) is 45.6 Å². The van der Waals surface area contributed by atoms with Crippen molar-refractivity contribution >= 4 is 5.91 Å². The monoisotopic (exact) mass is 386 g/mol. The van der Waals surface area contributed by atoms with Crippen molar-refractivity contribution in [3.05, 3.63) is 35.5 Å². The fourth-order valence-corrected chi connectivity index (χ4v) is 4.19. The van der Waals surface area contributed by atoms with E-state index >= 15 is 0 Å². The lowest BCUT2D eigenvalue weighted by Crippen LogP contribution is -2.42. The predicted molar refractivity (Wildman–Crippen MR) is 103 cm³/mol. The molecule has 0 aliphatic carbocycles. The van der Waals surface area contributed by atoms with Crippen LogP contribution in [0, 0.1) is 18.7 Å². The molecule has 1 atom stereocenters. The molecule has 0 saturated carbocycles. The van der Waals surface area contributed by atoms with E-state index in [0.717, 1.165) is 57.4 Å². The van der Waals surface area contributed by atoms with Gasteiger partial charge in [-0.1, -0.05) is 5.16 Å². The summed E-state index contributed by atoms with van der Waals surface area (Å²) in [5.41, 5.74) is 1.30. The molecule has 2 fully saturated rings. The Morgan fingerprint density at radius 2 is 1.93 bits per heavy atom. The van der Waals surface area contributed by atoms with Crippen LogP contribution in [0.15, 0.2) is 22.7 Å². The van der Waals surface area contributed by atoms with Gasteiger partial charge in [-0.05, 0) is 76.4 Å². The van der Waals surface area contributed by atoms with Crippen molar-refractivity contribution in [3.8, 4) is 11.4 Å². The topological polar surface area (TPSA) is 62.5 Å². The van der Waals surface area contributed by atoms with Gasteiger partial charge in [-0.25, -0.2) is 4.39 Å². The minimum Gasteiger partial charge on any atom is -0.342 e. The molecule has 1 amide bonds. The van der Waals surface area contributed by atoms with Gasteiger partial charge in [-0.15, -0.1) is 0 Å². The van der Waals surface area contributed by atoms with Crippen LogP contribution in [0.4, 0.5) is 4.39 Å². The number of halogens is 1. The highest BCUT2D eigenvalue weighted by molar-refractivity contribution is 5.79. The molecule has 4 rings (SSSR count). The van der Waals surface area contributed by atoms with Crippen LogP contribution in [0.3, 0.4) is 0 Å². The Labute approximate surface area is 164 Å². The van der Waals surface area contributed by atoms with Gasteiger partial charge in [0.2, 0.25) is 17.6 Å². The standard InChI is InChI=1S/C21H27FN4O2/c1-14-13-17(5-6-18(14)22)19-23-20(28-24-19)15(2)25-11-7-16(8-12-25)21(27)26-9-3-4-10-26/h5-6,13,15-16H,3-4,7-12H2,1-2H3. The number of piperidine rings is 1. The number of nitrogens with zero attached hydrogens (tertiary/aromatic N) is 4. The first kappa shape index (κ1) is 19.1.